The second-order valence-corrected chi connectivity index (χ2v) is 11.8. The molecule has 5 heterocycles. The molecule has 13 nitrogen and oxygen atoms in total. The molecule has 1 saturated heterocycles. The molecule has 2 atom stereocenters. The summed E-state index contributed by atoms with van der Waals surface area (Å²) in [6, 6.07) is 3.87. The van der Waals surface area contributed by atoms with Gasteiger partial charge in [-0.05, 0) is 38.4 Å². The number of anilines is 1. The van der Waals surface area contributed by atoms with Crippen molar-refractivity contribution in [2.45, 2.75) is 37.9 Å². The lowest BCUT2D eigenvalue weighted by molar-refractivity contribution is 0.260. The molecule has 5 rings (SSSR count). The highest BCUT2D eigenvalue weighted by Crippen LogP contribution is 2.31. The standard InChI is InChI=1S/C26H31N11O2S/c1-17-13-36(40(38,39)24-15-35(5)16-30-24)9-8-21(17)33-26-29-12-22(28-4)25(34-26)19-10-31-37(14-19)23-7-6-20(11-27-3)32-18(23)2/h6-7,10,12,14-17,21,27H,8-9,11,13H2,1-3,5H3,(H,29,33,34)/t17-,21+/m1/s1. The number of rotatable bonds is 8. The number of hydrogen-bond donors (Lipinski definition) is 2. The van der Waals surface area contributed by atoms with Crippen molar-refractivity contribution in [1.29, 1.82) is 0 Å². The van der Waals surface area contributed by atoms with Crippen LogP contribution in [0.15, 0.2) is 48.3 Å². The van der Waals surface area contributed by atoms with Gasteiger partial charge >= 0.3 is 0 Å². The van der Waals surface area contributed by atoms with Crippen LogP contribution in [0.4, 0.5) is 11.6 Å². The summed E-state index contributed by atoms with van der Waals surface area (Å²) in [6.07, 6.45) is 8.56. The third-order valence-electron chi connectivity index (χ3n) is 6.93. The average Bonchev–Trinajstić information content (AvgIpc) is 3.60. The minimum Gasteiger partial charge on any atom is -0.351 e. The van der Waals surface area contributed by atoms with Crippen LogP contribution in [-0.2, 0) is 23.6 Å². The van der Waals surface area contributed by atoms with Gasteiger partial charge in [-0.25, -0.2) is 32.9 Å². The first-order chi connectivity index (χ1) is 19.2. The molecule has 0 unspecified atom stereocenters. The third-order valence-corrected chi connectivity index (χ3v) is 8.69. The van der Waals surface area contributed by atoms with Crippen LogP contribution in [0.2, 0.25) is 0 Å². The molecular formula is C26H31N11O2S. The molecule has 0 amide bonds. The largest absolute Gasteiger partial charge is 0.351 e. The smallest absolute Gasteiger partial charge is 0.262 e. The highest BCUT2D eigenvalue weighted by atomic mass is 32.2. The fraction of sp³-hybridized carbons (Fsp3) is 0.385. The van der Waals surface area contributed by atoms with Crippen LogP contribution in [0.1, 0.15) is 24.7 Å². The zero-order valence-electron chi connectivity index (χ0n) is 22.8. The Bertz CT molecular complexity index is 1670. The Hall–Kier alpha value is -4.19. The van der Waals surface area contributed by atoms with Crippen molar-refractivity contribution in [3.63, 3.8) is 0 Å². The maximum atomic E-state index is 13.0. The monoisotopic (exact) mass is 561 g/mol. The molecule has 1 aliphatic heterocycles. The highest BCUT2D eigenvalue weighted by Gasteiger charge is 2.35. The van der Waals surface area contributed by atoms with E-state index >= 15 is 0 Å². The van der Waals surface area contributed by atoms with E-state index in [0.717, 1.165) is 17.1 Å². The van der Waals surface area contributed by atoms with E-state index in [-0.39, 0.29) is 17.0 Å². The van der Waals surface area contributed by atoms with Crippen molar-refractivity contribution in [3.05, 3.63) is 66.1 Å². The summed E-state index contributed by atoms with van der Waals surface area (Å²) in [4.78, 5) is 21.3. The molecular weight excluding hydrogens is 530 g/mol. The lowest BCUT2D eigenvalue weighted by Crippen LogP contribution is -2.47. The molecule has 1 aliphatic rings. The van der Waals surface area contributed by atoms with Crippen LogP contribution >= 0.6 is 0 Å². The van der Waals surface area contributed by atoms with Crippen molar-refractivity contribution >= 4 is 21.7 Å². The van der Waals surface area contributed by atoms with Gasteiger partial charge in [-0.15, -0.1) is 0 Å². The number of aromatic nitrogens is 7. The van der Waals surface area contributed by atoms with Gasteiger partial charge < -0.3 is 15.2 Å². The van der Waals surface area contributed by atoms with Crippen LogP contribution in [0.3, 0.4) is 0 Å². The first-order valence-electron chi connectivity index (χ1n) is 12.8. The van der Waals surface area contributed by atoms with Gasteiger partial charge in [0.1, 0.15) is 0 Å². The number of nitrogens with zero attached hydrogens (tertiary/aromatic N) is 9. The number of piperidine rings is 1. The molecule has 0 spiro atoms. The quantitative estimate of drug-likeness (QED) is 0.311. The molecule has 0 aliphatic carbocycles. The first kappa shape index (κ1) is 27.4. The molecule has 1 fully saturated rings. The minimum atomic E-state index is -3.66. The van der Waals surface area contributed by atoms with Crippen LogP contribution < -0.4 is 10.6 Å². The number of sulfonamides is 1. The van der Waals surface area contributed by atoms with Gasteiger partial charge in [0.2, 0.25) is 11.6 Å². The van der Waals surface area contributed by atoms with Gasteiger partial charge in [-0.3, -0.25) is 4.98 Å². The van der Waals surface area contributed by atoms with E-state index in [0.29, 0.717) is 48.9 Å². The Morgan fingerprint density at radius 3 is 2.67 bits per heavy atom. The van der Waals surface area contributed by atoms with Gasteiger partial charge in [0, 0.05) is 56.9 Å². The number of hydrogen-bond acceptors (Lipinski definition) is 9. The Labute approximate surface area is 233 Å². The molecule has 14 heteroatoms. The van der Waals surface area contributed by atoms with E-state index in [1.54, 1.807) is 22.5 Å². The van der Waals surface area contributed by atoms with Crippen molar-refractivity contribution < 1.29 is 8.42 Å². The van der Waals surface area contributed by atoms with Gasteiger partial charge in [0.15, 0.2) is 5.03 Å². The van der Waals surface area contributed by atoms with Gasteiger partial charge in [-0.2, -0.15) is 9.40 Å². The van der Waals surface area contributed by atoms with E-state index in [1.165, 1.54) is 23.0 Å². The number of aryl methyl sites for hydroxylation is 2. The van der Waals surface area contributed by atoms with Crippen LogP contribution in [0, 0.1) is 19.4 Å². The second-order valence-electron chi connectivity index (χ2n) is 9.91. The van der Waals surface area contributed by atoms with E-state index in [2.05, 4.69) is 40.5 Å². The Kier molecular flexibility index (Phi) is 7.61. The predicted octanol–water partition coefficient (Wildman–Crippen LogP) is 2.55. The van der Waals surface area contributed by atoms with Gasteiger partial charge in [-0.1, -0.05) is 6.92 Å². The van der Waals surface area contributed by atoms with Crippen LogP contribution in [-0.4, -0.2) is 73.2 Å². The van der Waals surface area contributed by atoms with E-state index in [1.807, 2.05) is 39.2 Å². The summed E-state index contributed by atoms with van der Waals surface area (Å²) in [5.41, 5.74) is 4.08. The Morgan fingerprint density at radius 2 is 2.00 bits per heavy atom. The fourth-order valence-corrected chi connectivity index (χ4v) is 6.33. The van der Waals surface area contributed by atoms with Crippen LogP contribution in [0.25, 0.3) is 21.8 Å². The Morgan fingerprint density at radius 1 is 1.18 bits per heavy atom. The van der Waals surface area contributed by atoms with E-state index in [4.69, 9.17) is 6.57 Å². The summed E-state index contributed by atoms with van der Waals surface area (Å²) >= 11 is 0. The lowest BCUT2D eigenvalue weighted by atomic mass is 9.95. The third kappa shape index (κ3) is 5.44. The molecule has 4 aromatic heterocycles. The van der Waals surface area contributed by atoms with Gasteiger partial charge in [0.05, 0.1) is 41.9 Å². The Balaban J connectivity index is 1.33. The molecule has 4 aromatic rings. The maximum absolute atomic E-state index is 13.0. The minimum absolute atomic E-state index is 0.0102. The van der Waals surface area contributed by atoms with Crippen LogP contribution in [0.5, 0.6) is 0 Å². The maximum Gasteiger partial charge on any atom is 0.262 e. The fourth-order valence-electron chi connectivity index (χ4n) is 4.80. The zero-order chi connectivity index (χ0) is 28.4. The normalized spacial score (nSPS) is 18.0. The van der Waals surface area contributed by atoms with Gasteiger partial charge in [0.25, 0.3) is 10.0 Å². The molecule has 0 aromatic carbocycles. The molecule has 0 radical (unpaired) electrons. The second kappa shape index (κ2) is 11.1. The molecule has 40 heavy (non-hydrogen) atoms. The van der Waals surface area contributed by atoms with Crippen molar-refractivity contribution in [1.82, 2.24) is 43.9 Å². The van der Waals surface area contributed by atoms with E-state index < -0.39 is 10.0 Å². The van der Waals surface area contributed by atoms with Crippen molar-refractivity contribution in [2.75, 3.05) is 25.5 Å². The lowest BCUT2D eigenvalue weighted by Gasteiger charge is -2.36. The topological polar surface area (TPSA) is 140 Å². The molecule has 2 N–H and O–H groups in total. The summed E-state index contributed by atoms with van der Waals surface area (Å²) in [5, 5.41) is 11.0. The zero-order valence-corrected chi connectivity index (χ0v) is 23.6. The number of pyridine rings is 1. The number of imidazole rings is 1. The summed E-state index contributed by atoms with van der Waals surface area (Å²) in [5.74, 6) is 0.367. The first-order valence-corrected chi connectivity index (χ1v) is 14.3. The molecule has 208 valence electrons. The average molecular weight is 562 g/mol. The summed E-state index contributed by atoms with van der Waals surface area (Å²) in [6.45, 7) is 12.9. The van der Waals surface area contributed by atoms with Crippen molar-refractivity contribution in [3.8, 4) is 16.9 Å². The van der Waals surface area contributed by atoms with Crippen molar-refractivity contribution in [2.24, 2.45) is 13.0 Å². The number of nitrogens with one attached hydrogen (secondary N) is 2. The molecule has 0 bridgehead atoms. The SMILES string of the molecule is [C-]#[N+]c1cnc(N[C@H]2CCN(S(=O)(=O)c3cn(C)cn3)C[C@H]2C)nc1-c1cnn(-c2ccc(CNC)nc2C)c1. The van der Waals surface area contributed by atoms with E-state index in [9.17, 15) is 8.42 Å². The summed E-state index contributed by atoms with van der Waals surface area (Å²) < 4.78 is 30.9. The predicted molar refractivity (Wildman–Crippen MR) is 149 cm³/mol. The summed E-state index contributed by atoms with van der Waals surface area (Å²) in [7, 11) is -0.0416. The highest BCUT2D eigenvalue weighted by molar-refractivity contribution is 7.89. The molecule has 0 saturated carbocycles.